The van der Waals surface area contributed by atoms with Crippen LogP contribution in [0.25, 0.3) is 0 Å². The van der Waals surface area contributed by atoms with Gasteiger partial charge in [0.1, 0.15) is 0 Å². The first-order chi connectivity index (χ1) is 9.67. The molecule has 1 aromatic heterocycles. The lowest BCUT2D eigenvalue weighted by Gasteiger charge is -2.40. The number of hydrogen-bond donors (Lipinski definition) is 0. The third-order valence-corrected chi connectivity index (χ3v) is 4.21. The smallest absolute Gasteiger partial charge is 0.409 e. The fraction of sp³-hybridized carbons (Fsp3) is 0.429. The van der Waals surface area contributed by atoms with E-state index in [0.717, 1.165) is 4.88 Å². The highest BCUT2D eigenvalue weighted by atomic mass is 32.1. The van der Waals surface area contributed by atoms with Gasteiger partial charge in [-0.3, -0.25) is 4.79 Å². The predicted octanol–water partition coefficient (Wildman–Crippen LogP) is 2.28. The molecule has 1 saturated heterocycles. The van der Waals surface area contributed by atoms with E-state index in [1.807, 2.05) is 17.5 Å². The number of ether oxygens (including phenoxy) is 1. The molecule has 1 aliphatic heterocycles. The summed E-state index contributed by atoms with van der Waals surface area (Å²) < 4.78 is 5.04. The average Bonchev–Trinajstić information content (AvgIpc) is 3.00. The van der Waals surface area contributed by atoms with E-state index in [-0.39, 0.29) is 18.0 Å². The minimum absolute atomic E-state index is 0.105. The summed E-state index contributed by atoms with van der Waals surface area (Å²) in [5.74, 6) is -0.105. The van der Waals surface area contributed by atoms with Crippen molar-refractivity contribution < 1.29 is 14.3 Å². The average molecular weight is 294 g/mol. The minimum Gasteiger partial charge on any atom is -0.450 e. The highest BCUT2D eigenvalue weighted by Gasteiger charge is 2.33. The molecule has 6 heteroatoms. The Morgan fingerprint density at radius 1 is 1.55 bits per heavy atom. The summed E-state index contributed by atoms with van der Waals surface area (Å²) in [5.41, 5.74) is 0. The van der Waals surface area contributed by atoms with Crippen LogP contribution in [-0.2, 0) is 9.53 Å². The number of rotatable bonds is 3. The van der Waals surface area contributed by atoms with Gasteiger partial charge in [-0.1, -0.05) is 12.6 Å². The van der Waals surface area contributed by atoms with Crippen LogP contribution < -0.4 is 0 Å². The summed E-state index contributed by atoms with van der Waals surface area (Å²) in [6.07, 6.45) is 1.00. The van der Waals surface area contributed by atoms with Crippen molar-refractivity contribution >= 4 is 23.3 Å². The van der Waals surface area contributed by atoms with E-state index in [1.165, 1.54) is 6.08 Å². The molecule has 2 amide bonds. The molecule has 1 aromatic rings. The molecule has 1 aliphatic rings. The van der Waals surface area contributed by atoms with Gasteiger partial charge in [0.15, 0.2) is 0 Å². The van der Waals surface area contributed by atoms with Gasteiger partial charge in [0.2, 0.25) is 5.91 Å². The van der Waals surface area contributed by atoms with Gasteiger partial charge < -0.3 is 14.5 Å². The van der Waals surface area contributed by atoms with Crippen molar-refractivity contribution in [2.45, 2.75) is 13.0 Å². The van der Waals surface area contributed by atoms with Crippen molar-refractivity contribution in [3.05, 3.63) is 35.0 Å². The molecule has 2 rings (SSSR count). The van der Waals surface area contributed by atoms with Gasteiger partial charge in [-0.25, -0.2) is 4.79 Å². The molecule has 0 N–H and O–H groups in total. The lowest BCUT2D eigenvalue weighted by Crippen LogP contribution is -2.51. The fourth-order valence-corrected chi connectivity index (χ4v) is 3.10. The van der Waals surface area contributed by atoms with Gasteiger partial charge in [0.25, 0.3) is 0 Å². The normalized spacial score (nSPS) is 18.8. The molecule has 20 heavy (non-hydrogen) atoms. The third kappa shape index (κ3) is 3.01. The SMILES string of the molecule is C=CC(=O)N1CCN(C(=O)OCC)CC1c1cccs1. The second-order valence-electron chi connectivity index (χ2n) is 4.41. The molecule has 0 spiro atoms. The second-order valence-corrected chi connectivity index (χ2v) is 5.39. The zero-order chi connectivity index (χ0) is 14.5. The second kappa shape index (κ2) is 6.56. The van der Waals surface area contributed by atoms with E-state index in [0.29, 0.717) is 26.2 Å². The molecule has 108 valence electrons. The zero-order valence-electron chi connectivity index (χ0n) is 11.4. The van der Waals surface area contributed by atoms with Crippen LogP contribution in [0.1, 0.15) is 17.8 Å². The van der Waals surface area contributed by atoms with Crippen LogP contribution in [0.5, 0.6) is 0 Å². The number of carbonyl (C=O) groups excluding carboxylic acids is 2. The van der Waals surface area contributed by atoms with E-state index in [1.54, 1.807) is 28.1 Å². The van der Waals surface area contributed by atoms with E-state index < -0.39 is 0 Å². The Kier molecular flexibility index (Phi) is 4.79. The molecule has 1 atom stereocenters. The summed E-state index contributed by atoms with van der Waals surface area (Å²) >= 11 is 1.58. The Labute approximate surface area is 122 Å². The molecular weight excluding hydrogens is 276 g/mol. The maximum Gasteiger partial charge on any atom is 0.409 e. The molecule has 0 saturated carbocycles. The maximum absolute atomic E-state index is 12.0. The molecular formula is C14H18N2O3S. The monoisotopic (exact) mass is 294 g/mol. The number of piperazine rings is 1. The van der Waals surface area contributed by atoms with Gasteiger partial charge in [-0.2, -0.15) is 0 Å². The van der Waals surface area contributed by atoms with Crippen molar-refractivity contribution in [3.8, 4) is 0 Å². The molecule has 1 unspecified atom stereocenters. The Morgan fingerprint density at radius 3 is 2.95 bits per heavy atom. The van der Waals surface area contributed by atoms with E-state index >= 15 is 0 Å². The van der Waals surface area contributed by atoms with Crippen LogP contribution in [0.15, 0.2) is 30.2 Å². The quantitative estimate of drug-likeness (QED) is 0.804. The fourth-order valence-electron chi connectivity index (χ4n) is 2.27. The summed E-state index contributed by atoms with van der Waals surface area (Å²) in [5, 5.41) is 1.97. The van der Waals surface area contributed by atoms with E-state index in [4.69, 9.17) is 4.74 Å². The highest BCUT2D eigenvalue weighted by Crippen LogP contribution is 2.29. The standard InChI is InChI=1S/C14H18N2O3S/c1-3-13(17)16-8-7-15(14(18)19-4-2)10-11(16)12-6-5-9-20-12/h3,5-6,9,11H,1,4,7-8,10H2,2H3. The van der Waals surface area contributed by atoms with Crippen molar-refractivity contribution in [3.63, 3.8) is 0 Å². The van der Waals surface area contributed by atoms with Crippen molar-refractivity contribution in [2.75, 3.05) is 26.2 Å². The summed E-state index contributed by atoms with van der Waals surface area (Å²) in [7, 11) is 0. The van der Waals surface area contributed by atoms with Crippen molar-refractivity contribution in [1.82, 2.24) is 9.80 Å². The number of amides is 2. The van der Waals surface area contributed by atoms with E-state index in [2.05, 4.69) is 6.58 Å². The highest BCUT2D eigenvalue weighted by molar-refractivity contribution is 7.10. The Hall–Kier alpha value is -1.82. The summed E-state index contributed by atoms with van der Waals surface area (Å²) in [4.78, 5) is 28.3. The first-order valence-corrected chi connectivity index (χ1v) is 7.43. The Balaban J connectivity index is 2.17. The van der Waals surface area contributed by atoms with Crippen LogP contribution in [0.3, 0.4) is 0 Å². The molecule has 0 aliphatic carbocycles. The van der Waals surface area contributed by atoms with E-state index in [9.17, 15) is 9.59 Å². The predicted molar refractivity (Wildman–Crippen MR) is 77.6 cm³/mol. The van der Waals surface area contributed by atoms with Crippen molar-refractivity contribution in [1.29, 1.82) is 0 Å². The zero-order valence-corrected chi connectivity index (χ0v) is 12.3. The summed E-state index contributed by atoms with van der Waals surface area (Å²) in [6, 6.07) is 3.80. The van der Waals surface area contributed by atoms with Crippen LogP contribution >= 0.6 is 11.3 Å². The van der Waals surface area contributed by atoms with Gasteiger partial charge in [0.05, 0.1) is 12.6 Å². The molecule has 0 radical (unpaired) electrons. The van der Waals surface area contributed by atoms with Crippen LogP contribution in [0.2, 0.25) is 0 Å². The topological polar surface area (TPSA) is 49.9 Å². The van der Waals surface area contributed by atoms with Crippen molar-refractivity contribution in [2.24, 2.45) is 0 Å². The molecule has 1 fully saturated rings. The number of carbonyl (C=O) groups is 2. The van der Waals surface area contributed by atoms with Gasteiger partial charge in [-0.15, -0.1) is 11.3 Å². The minimum atomic E-state index is -0.320. The first-order valence-electron chi connectivity index (χ1n) is 6.55. The molecule has 2 heterocycles. The lowest BCUT2D eigenvalue weighted by atomic mass is 10.1. The summed E-state index contributed by atoms with van der Waals surface area (Å²) in [6.45, 7) is 7.12. The number of thiophene rings is 1. The third-order valence-electron chi connectivity index (χ3n) is 3.24. The van der Waals surface area contributed by atoms with Gasteiger partial charge in [0, 0.05) is 24.5 Å². The first kappa shape index (κ1) is 14.6. The lowest BCUT2D eigenvalue weighted by molar-refractivity contribution is -0.130. The maximum atomic E-state index is 12.0. The molecule has 5 nitrogen and oxygen atoms in total. The van der Waals surface area contributed by atoms with Crippen LogP contribution in [-0.4, -0.2) is 48.0 Å². The number of nitrogens with zero attached hydrogens (tertiary/aromatic N) is 2. The largest absolute Gasteiger partial charge is 0.450 e. The van der Waals surface area contributed by atoms with Gasteiger partial charge >= 0.3 is 6.09 Å². The number of hydrogen-bond acceptors (Lipinski definition) is 4. The van der Waals surface area contributed by atoms with Crippen LogP contribution in [0.4, 0.5) is 4.79 Å². The molecule has 0 bridgehead atoms. The van der Waals surface area contributed by atoms with Gasteiger partial charge in [-0.05, 0) is 24.4 Å². The molecule has 0 aromatic carbocycles. The Morgan fingerprint density at radius 2 is 2.35 bits per heavy atom. The van der Waals surface area contributed by atoms with Crippen LogP contribution in [0, 0.1) is 0 Å². The Bertz CT molecular complexity index is 487.